The van der Waals surface area contributed by atoms with Crippen LogP contribution in [0, 0.1) is 0 Å². The van der Waals surface area contributed by atoms with E-state index in [1.54, 1.807) is 19.1 Å². The summed E-state index contributed by atoms with van der Waals surface area (Å²) in [5, 5.41) is 5.72. The van der Waals surface area contributed by atoms with Crippen LogP contribution in [0.25, 0.3) is 0 Å². The van der Waals surface area contributed by atoms with E-state index in [2.05, 4.69) is 10.6 Å². The summed E-state index contributed by atoms with van der Waals surface area (Å²) >= 11 is 0. The molecule has 0 saturated carbocycles. The molecule has 23 heavy (non-hydrogen) atoms. The molecule has 1 unspecified atom stereocenters. The summed E-state index contributed by atoms with van der Waals surface area (Å²) in [6, 6.07) is 6.88. The standard InChI is InChI=1S/C16H23N3O4/c1-22-10-8-17-11-15(20)18-12-7-9-19(16(12)21)13-5-3-4-6-14(13)23-2/h3-6,12,17H,7-11H2,1-2H3,(H,18,20). The lowest BCUT2D eigenvalue weighted by atomic mass is 10.2. The van der Waals surface area contributed by atoms with Crippen LogP contribution in [0.5, 0.6) is 5.75 Å². The number of para-hydroxylation sites is 2. The molecule has 2 rings (SSSR count). The fourth-order valence-corrected chi connectivity index (χ4v) is 2.53. The number of carbonyl (C=O) groups excluding carboxylic acids is 2. The molecule has 2 amide bonds. The van der Waals surface area contributed by atoms with E-state index in [1.807, 2.05) is 24.3 Å². The Balaban J connectivity index is 1.90. The molecular formula is C16H23N3O4. The molecule has 1 saturated heterocycles. The minimum atomic E-state index is -0.489. The van der Waals surface area contributed by atoms with E-state index >= 15 is 0 Å². The number of rotatable bonds is 8. The van der Waals surface area contributed by atoms with Crippen LogP contribution in [0.4, 0.5) is 5.69 Å². The van der Waals surface area contributed by atoms with Gasteiger partial charge in [0.2, 0.25) is 11.8 Å². The molecule has 0 radical (unpaired) electrons. The summed E-state index contributed by atoms with van der Waals surface area (Å²) in [6.07, 6.45) is 0.584. The molecule has 0 aromatic heterocycles. The van der Waals surface area contributed by atoms with Crippen LogP contribution in [-0.2, 0) is 14.3 Å². The van der Waals surface area contributed by atoms with E-state index in [0.29, 0.717) is 31.9 Å². The average Bonchev–Trinajstić information content (AvgIpc) is 2.92. The summed E-state index contributed by atoms with van der Waals surface area (Å²) in [5.74, 6) is 0.343. The van der Waals surface area contributed by atoms with Crippen molar-refractivity contribution >= 4 is 17.5 Å². The molecule has 0 bridgehead atoms. The number of benzene rings is 1. The van der Waals surface area contributed by atoms with E-state index in [0.717, 1.165) is 5.69 Å². The molecule has 1 heterocycles. The fraction of sp³-hybridized carbons (Fsp3) is 0.500. The van der Waals surface area contributed by atoms with Crippen LogP contribution in [0.1, 0.15) is 6.42 Å². The molecule has 126 valence electrons. The number of hydrogen-bond acceptors (Lipinski definition) is 5. The second-order valence-electron chi connectivity index (χ2n) is 5.24. The first-order valence-corrected chi connectivity index (χ1v) is 7.60. The first-order valence-electron chi connectivity index (χ1n) is 7.60. The molecule has 0 aliphatic carbocycles. The number of nitrogens with zero attached hydrogens (tertiary/aromatic N) is 1. The van der Waals surface area contributed by atoms with Crippen molar-refractivity contribution in [2.75, 3.05) is 45.4 Å². The minimum absolute atomic E-state index is 0.111. The maximum Gasteiger partial charge on any atom is 0.249 e. The molecule has 1 aromatic rings. The third-order valence-corrected chi connectivity index (χ3v) is 3.69. The van der Waals surface area contributed by atoms with E-state index in [9.17, 15) is 9.59 Å². The van der Waals surface area contributed by atoms with Crippen molar-refractivity contribution in [3.8, 4) is 5.75 Å². The topological polar surface area (TPSA) is 79.9 Å². The van der Waals surface area contributed by atoms with Gasteiger partial charge >= 0.3 is 0 Å². The van der Waals surface area contributed by atoms with Gasteiger partial charge in [0, 0.05) is 20.2 Å². The largest absolute Gasteiger partial charge is 0.495 e. The predicted octanol–water partition coefficient (Wildman–Crippen LogP) is 0.153. The zero-order valence-electron chi connectivity index (χ0n) is 13.5. The Morgan fingerprint density at radius 1 is 1.35 bits per heavy atom. The first kappa shape index (κ1) is 17.2. The van der Waals surface area contributed by atoms with Gasteiger partial charge in [0.15, 0.2) is 0 Å². The monoisotopic (exact) mass is 321 g/mol. The van der Waals surface area contributed by atoms with Gasteiger partial charge in [-0.2, -0.15) is 0 Å². The van der Waals surface area contributed by atoms with E-state index < -0.39 is 6.04 Å². The molecule has 1 aliphatic heterocycles. The van der Waals surface area contributed by atoms with Crippen molar-refractivity contribution in [3.63, 3.8) is 0 Å². The van der Waals surface area contributed by atoms with E-state index in [-0.39, 0.29) is 18.4 Å². The second-order valence-corrected chi connectivity index (χ2v) is 5.24. The zero-order chi connectivity index (χ0) is 16.7. The quantitative estimate of drug-likeness (QED) is 0.667. The van der Waals surface area contributed by atoms with Crippen molar-refractivity contribution < 1.29 is 19.1 Å². The predicted molar refractivity (Wildman–Crippen MR) is 86.6 cm³/mol. The Morgan fingerprint density at radius 3 is 2.87 bits per heavy atom. The lowest BCUT2D eigenvalue weighted by molar-refractivity contribution is -0.125. The van der Waals surface area contributed by atoms with Gasteiger partial charge in [-0.3, -0.25) is 9.59 Å². The minimum Gasteiger partial charge on any atom is -0.495 e. The highest BCUT2D eigenvalue weighted by Gasteiger charge is 2.34. The second kappa shape index (κ2) is 8.50. The van der Waals surface area contributed by atoms with Gasteiger partial charge in [0.05, 0.1) is 25.9 Å². The van der Waals surface area contributed by atoms with Gasteiger partial charge in [-0.1, -0.05) is 12.1 Å². The average molecular weight is 321 g/mol. The van der Waals surface area contributed by atoms with Gasteiger partial charge in [-0.15, -0.1) is 0 Å². The van der Waals surface area contributed by atoms with E-state index in [1.165, 1.54) is 0 Å². The Morgan fingerprint density at radius 2 is 2.13 bits per heavy atom. The van der Waals surface area contributed by atoms with Crippen LogP contribution < -0.4 is 20.3 Å². The summed E-state index contributed by atoms with van der Waals surface area (Å²) in [7, 11) is 3.18. The Labute approximate surface area is 135 Å². The normalized spacial score (nSPS) is 17.4. The number of anilines is 1. The van der Waals surface area contributed by atoms with Gasteiger partial charge < -0.3 is 25.0 Å². The number of nitrogens with one attached hydrogen (secondary N) is 2. The molecule has 7 heteroatoms. The molecule has 1 aromatic carbocycles. The Hall–Kier alpha value is -2.12. The number of amides is 2. The summed E-state index contributed by atoms with van der Waals surface area (Å²) in [5.41, 5.74) is 0.731. The van der Waals surface area contributed by atoms with Crippen LogP contribution in [0.2, 0.25) is 0 Å². The fourth-order valence-electron chi connectivity index (χ4n) is 2.53. The van der Waals surface area contributed by atoms with Crippen molar-refractivity contribution in [2.24, 2.45) is 0 Å². The molecule has 1 aliphatic rings. The zero-order valence-corrected chi connectivity index (χ0v) is 13.5. The molecule has 7 nitrogen and oxygen atoms in total. The third kappa shape index (κ3) is 4.43. The molecule has 1 atom stereocenters. The number of hydrogen-bond donors (Lipinski definition) is 2. The number of methoxy groups -OCH3 is 2. The van der Waals surface area contributed by atoms with Crippen molar-refractivity contribution in [1.82, 2.24) is 10.6 Å². The maximum atomic E-state index is 12.5. The van der Waals surface area contributed by atoms with Gasteiger partial charge in [-0.05, 0) is 18.6 Å². The number of ether oxygens (including phenoxy) is 2. The van der Waals surface area contributed by atoms with Crippen molar-refractivity contribution in [1.29, 1.82) is 0 Å². The highest BCUT2D eigenvalue weighted by molar-refractivity contribution is 6.02. The lowest BCUT2D eigenvalue weighted by Crippen LogP contribution is -2.45. The van der Waals surface area contributed by atoms with Crippen LogP contribution >= 0.6 is 0 Å². The molecular weight excluding hydrogens is 298 g/mol. The highest BCUT2D eigenvalue weighted by atomic mass is 16.5. The third-order valence-electron chi connectivity index (χ3n) is 3.69. The molecule has 1 fully saturated rings. The highest BCUT2D eigenvalue weighted by Crippen LogP contribution is 2.30. The molecule has 0 spiro atoms. The molecule has 2 N–H and O–H groups in total. The van der Waals surface area contributed by atoms with Crippen molar-refractivity contribution in [3.05, 3.63) is 24.3 Å². The first-order chi connectivity index (χ1) is 11.2. The summed E-state index contributed by atoms with van der Waals surface area (Å²) < 4.78 is 10.2. The van der Waals surface area contributed by atoms with E-state index in [4.69, 9.17) is 9.47 Å². The van der Waals surface area contributed by atoms with Crippen molar-refractivity contribution in [2.45, 2.75) is 12.5 Å². The van der Waals surface area contributed by atoms with Crippen LogP contribution in [0.3, 0.4) is 0 Å². The SMILES string of the molecule is COCCNCC(=O)NC1CCN(c2ccccc2OC)C1=O. The summed E-state index contributed by atoms with van der Waals surface area (Å²) in [4.78, 5) is 26.0. The summed E-state index contributed by atoms with van der Waals surface area (Å²) in [6.45, 7) is 1.86. The smallest absolute Gasteiger partial charge is 0.249 e. The number of carbonyl (C=O) groups is 2. The lowest BCUT2D eigenvalue weighted by Gasteiger charge is -2.19. The van der Waals surface area contributed by atoms with Gasteiger partial charge in [0.1, 0.15) is 11.8 Å². The van der Waals surface area contributed by atoms with Gasteiger partial charge in [-0.25, -0.2) is 0 Å². The Kier molecular flexibility index (Phi) is 6.37. The Bertz CT molecular complexity index is 550. The maximum absolute atomic E-state index is 12.5. The van der Waals surface area contributed by atoms with Crippen LogP contribution in [-0.4, -0.2) is 58.3 Å². The van der Waals surface area contributed by atoms with Crippen LogP contribution in [0.15, 0.2) is 24.3 Å². The van der Waals surface area contributed by atoms with Gasteiger partial charge in [0.25, 0.3) is 0 Å².